The number of aromatic nitrogens is 1. The van der Waals surface area contributed by atoms with Crippen LogP contribution in [-0.2, 0) is 11.4 Å². The molecule has 0 saturated heterocycles. The summed E-state index contributed by atoms with van der Waals surface area (Å²) < 4.78 is 29.4. The zero-order valence-corrected chi connectivity index (χ0v) is 17.3. The highest BCUT2D eigenvalue weighted by Gasteiger charge is 2.17. The molecule has 0 spiro atoms. The molecule has 0 N–H and O–H groups in total. The van der Waals surface area contributed by atoms with E-state index in [1.54, 1.807) is 30.3 Å². The Labute approximate surface area is 180 Å². The predicted molar refractivity (Wildman–Crippen MR) is 119 cm³/mol. The van der Waals surface area contributed by atoms with Crippen molar-refractivity contribution in [1.29, 1.82) is 0 Å². The Morgan fingerprint density at radius 1 is 0.903 bits per heavy atom. The minimum absolute atomic E-state index is 0.0489. The molecule has 0 bridgehead atoms. The zero-order valence-electron chi connectivity index (χ0n) is 17.3. The maximum absolute atomic E-state index is 13.8. The SMILES string of the molecule is C/C(=N\OCc1ccccc1F)c1cc(-c2ccc(F)cc2)n(-c2ccccc2)c1C. The van der Waals surface area contributed by atoms with Crippen LogP contribution in [-0.4, -0.2) is 10.3 Å². The van der Waals surface area contributed by atoms with Gasteiger partial charge >= 0.3 is 0 Å². The number of halogens is 2. The first-order valence-electron chi connectivity index (χ1n) is 9.98. The van der Waals surface area contributed by atoms with Gasteiger partial charge in [-0.2, -0.15) is 0 Å². The maximum atomic E-state index is 13.8. The standard InChI is InChI=1S/C26H22F2N2O/c1-18(29-31-17-21-8-6-7-11-25(21)28)24-16-26(20-12-14-22(27)15-13-20)30(19(24)2)23-9-4-3-5-10-23/h3-16H,17H2,1-2H3/b29-18+. The van der Waals surface area contributed by atoms with E-state index in [0.717, 1.165) is 28.2 Å². The first-order chi connectivity index (χ1) is 15.0. The van der Waals surface area contributed by atoms with E-state index in [1.165, 1.54) is 18.2 Å². The van der Waals surface area contributed by atoms with Gasteiger partial charge in [0.1, 0.15) is 18.2 Å². The van der Waals surface area contributed by atoms with Gasteiger partial charge in [-0.25, -0.2) is 8.78 Å². The predicted octanol–water partition coefficient (Wildman–Crippen LogP) is 6.67. The number of nitrogens with zero attached hydrogens (tertiary/aromatic N) is 2. The summed E-state index contributed by atoms with van der Waals surface area (Å²) in [7, 11) is 0. The summed E-state index contributed by atoms with van der Waals surface area (Å²) in [6.07, 6.45) is 0. The van der Waals surface area contributed by atoms with Crippen molar-refractivity contribution in [3.8, 4) is 16.9 Å². The van der Waals surface area contributed by atoms with Gasteiger partial charge in [0.05, 0.1) is 11.4 Å². The van der Waals surface area contributed by atoms with Crippen molar-refractivity contribution < 1.29 is 13.6 Å². The minimum Gasteiger partial charge on any atom is -0.391 e. The molecule has 3 aromatic carbocycles. The highest BCUT2D eigenvalue weighted by molar-refractivity contribution is 6.01. The minimum atomic E-state index is -0.319. The smallest absolute Gasteiger partial charge is 0.145 e. The molecule has 0 atom stereocenters. The van der Waals surface area contributed by atoms with E-state index in [1.807, 2.05) is 50.2 Å². The third-order valence-electron chi connectivity index (χ3n) is 5.17. The van der Waals surface area contributed by atoms with E-state index in [9.17, 15) is 8.78 Å². The Morgan fingerprint density at radius 2 is 1.58 bits per heavy atom. The molecule has 4 rings (SSSR count). The number of rotatable bonds is 6. The van der Waals surface area contributed by atoms with Crippen LogP contribution < -0.4 is 0 Å². The monoisotopic (exact) mass is 416 g/mol. The third-order valence-corrected chi connectivity index (χ3v) is 5.17. The molecule has 0 saturated carbocycles. The molecule has 5 heteroatoms. The van der Waals surface area contributed by atoms with Crippen molar-refractivity contribution in [2.75, 3.05) is 0 Å². The Balaban J connectivity index is 1.71. The van der Waals surface area contributed by atoms with E-state index in [2.05, 4.69) is 9.72 Å². The lowest BCUT2D eigenvalue weighted by atomic mass is 10.1. The van der Waals surface area contributed by atoms with Crippen molar-refractivity contribution in [1.82, 2.24) is 4.57 Å². The van der Waals surface area contributed by atoms with E-state index in [0.29, 0.717) is 11.3 Å². The molecule has 156 valence electrons. The molecule has 0 aliphatic heterocycles. The summed E-state index contributed by atoms with van der Waals surface area (Å²) >= 11 is 0. The number of benzene rings is 3. The van der Waals surface area contributed by atoms with Crippen LogP contribution in [0.2, 0.25) is 0 Å². The van der Waals surface area contributed by atoms with Gasteiger partial charge in [0.15, 0.2) is 0 Å². The molecule has 3 nitrogen and oxygen atoms in total. The largest absolute Gasteiger partial charge is 0.391 e. The van der Waals surface area contributed by atoms with Crippen LogP contribution in [0.15, 0.2) is 90.1 Å². The highest BCUT2D eigenvalue weighted by atomic mass is 19.1. The molecule has 1 aromatic heterocycles. The number of oxime groups is 1. The molecule has 0 amide bonds. The second-order valence-corrected chi connectivity index (χ2v) is 7.25. The van der Waals surface area contributed by atoms with Crippen LogP contribution in [0.4, 0.5) is 8.78 Å². The lowest BCUT2D eigenvalue weighted by Crippen LogP contribution is -2.02. The molecule has 31 heavy (non-hydrogen) atoms. The van der Waals surface area contributed by atoms with Crippen LogP contribution in [0.1, 0.15) is 23.7 Å². The van der Waals surface area contributed by atoms with Gasteiger partial charge in [-0.3, -0.25) is 0 Å². The van der Waals surface area contributed by atoms with E-state index < -0.39 is 0 Å². The Morgan fingerprint density at radius 3 is 2.29 bits per heavy atom. The van der Waals surface area contributed by atoms with E-state index in [-0.39, 0.29) is 18.2 Å². The van der Waals surface area contributed by atoms with Crippen LogP contribution >= 0.6 is 0 Å². The fourth-order valence-electron chi connectivity index (χ4n) is 3.58. The van der Waals surface area contributed by atoms with Crippen LogP contribution in [0.5, 0.6) is 0 Å². The summed E-state index contributed by atoms with van der Waals surface area (Å²) in [4.78, 5) is 5.44. The lowest BCUT2D eigenvalue weighted by molar-refractivity contribution is 0.128. The summed E-state index contributed by atoms with van der Waals surface area (Å²) in [5.41, 5.74) is 5.79. The number of hydrogen-bond acceptors (Lipinski definition) is 2. The van der Waals surface area contributed by atoms with Gasteiger partial charge in [-0.15, -0.1) is 0 Å². The van der Waals surface area contributed by atoms with Crippen molar-refractivity contribution in [2.45, 2.75) is 20.5 Å². The average Bonchev–Trinajstić information content (AvgIpc) is 3.13. The topological polar surface area (TPSA) is 26.5 Å². The van der Waals surface area contributed by atoms with Crippen molar-refractivity contribution in [2.24, 2.45) is 5.16 Å². The van der Waals surface area contributed by atoms with Gasteiger partial charge in [0.25, 0.3) is 0 Å². The van der Waals surface area contributed by atoms with Crippen LogP contribution in [0, 0.1) is 18.6 Å². The summed E-state index contributed by atoms with van der Waals surface area (Å²) in [6.45, 7) is 3.91. The molecule has 0 unspecified atom stereocenters. The lowest BCUT2D eigenvalue weighted by Gasteiger charge is -2.12. The summed E-state index contributed by atoms with van der Waals surface area (Å²) in [6, 6.07) is 24.8. The fraction of sp³-hybridized carbons (Fsp3) is 0.115. The molecule has 0 aliphatic rings. The highest BCUT2D eigenvalue weighted by Crippen LogP contribution is 2.30. The van der Waals surface area contributed by atoms with Crippen LogP contribution in [0.3, 0.4) is 0 Å². The summed E-state index contributed by atoms with van der Waals surface area (Å²) in [5.74, 6) is -0.599. The zero-order chi connectivity index (χ0) is 21.8. The second kappa shape index (κ2) is 8.96. The van der Waals surface area contributed by atoms with E-state index in [4.69, 9.17) is 4.84 Å². The molecule has 0 radical (unpaired) electrons. The molecule has 1 heterocycles. The van der Waals surface area contributed by atoms with E-state index >= 15 is 0 Å². The molecule has 4 aromatic rings. The Kier molecular flexibility index (Phi) is 5.94. The average molecular weight is 416 g/mol. The molecular weight excluding hydrogens is 394 g/mol. The van der Waals surface area contributed by atoms with Crippen molar-refractivity contribution in [3.63, 3.8) is 0 Å². The Bertz CT molecular complexity index is 1210. The number of hydrogen-bond donors (Lipinski definition) is 0. The quantitative estimate of drug-likeness (QED) is 0.255. The van der Waals surface area contributed by atoms with Gasteiger partial charge in [-0.05, 0) is 67.9 Å². The fourth-order valence-corrected chi connectivity index (χ4v) is 3.58. The van der Waals surface area contributed by atoms with Crippen molar-refractivity contribution in [3.05, 3.63) is 113 Å². The maximum Gasteiger partial charge on any atom is 0.145 e. The molecule has 0 aliphatic carbocycles. The Hall–Kier alpha value is -3.73. The van der Waals surface area contributed by atoms with Gasteiger partial charge in [0, 0.05) is 22.5 Å². The molecule has 0 fully saturated rings. The summed E-state index contributed by atoms with van der Waals surface area (Å²) in [5, 5.41) is 4.22. The molecular formula is C26H22F2N2O. The normalized spacial score (nSPS) is 11.5. The van der Waals surface area contributed by atoms with Gasteiger partial charge < -0.3 is 9.40 Å². The van der Waals surface area contributed by atoms with Crippen LogP contribution in [0.25, 0.3) is 16.9 Å². The third kappa shape index (κ3) is 4.40. The van der Waals surface area contributed by atoms with Crippen molar-refractivity contribution >= 4 is 5.71 Å². The van der Waals surface area contributed by atoms with Gasteiger partial charge in [0.2, 0.25) is 0 Å². The number of para-hydroxylation sites is 1. The first kappa shape index (κ1) is 20.5. The first-order valence-corrected chi connectivity index (χ1v) is 9.98. The van der Waals surface area contributed by atoms with Gasteiger partial charge in [-0.1, -0.05) is 41.6 Å². The second-order valence-electron chi connectivity index (χ2n) is 7.25.